The van der Waals surface area contributed by atoms with Crippen LogP contribution in [0.25, 0.3) is 10.2 Å². The van der Waals surface area contributed by atoms with Gasteiger partial charge in [0, 0.05) is 13.1 Å². The largest absolute Gasteiger partial charge is 0.302 e. The van der Waals surface area contributed by atoms with E-state index in [1.807, 2.05) is 6.92 Å². The Labute approximate surface area is 190 Å². The molecule has 1 fully saturated rings. The van der Waals surface area contributed by atoms with Gasteiger partial charge in [-0.2, -0.15) is 4.31 Å². The van der Waals surface area contributed by atoms with Crippen LogP contribution in [0.1, 0.15) is 18.4 Å². The van der Waals surface area contributed by atoms with E-state index >= 15 is 0 Å². The normalized spacial score (nSPS) is 18.0. The first-order chi connectivity index (χ1) is 15.0. The number of sulfonamides is 2. The number of nitrogens with two attached hydrogens (primary N) is 1. The van der Waals surface area contributed by atoms with Crippen molar-refractivity contribution in [3.8, 4) is 0 Å². The Kier molecular flexibility index (Phi) is 6.07. The highest BCUT2D eigenvalue weighted by atomic mass is 32.2. The third-order valence-electron chi connectivity index (χ3n) is 5.33. The van der Waals surface area contributed by atoms with Crippen LogP contribution in [0.15, 0.2) is 52.3 Å². The molecule has 0 radical (unpaired) electrons. The van der Waals surface area contributed by atoms with Crippen LogP contribution in [0.5, 0.6) is 0 Å². The van der Waals surface area contributed by atoms with Gasteiger partial charge in [0.15, 0.2) is 5.13 Å². The molecule has 1 aromatic heterocycles. The molecule has 0 aliphatic carbocycles. The molecule has 9 nitrogen and oxygen atoms in total. The zero-order chi connectivity index (χ0) is 23.1. The fourth-order valence-electron chi connectivity index (χ4n) is 3.58. The molecule has 2 aromatic carbocycles. The molecule has 0 bridgehead atoms. The van der Waals surface area contributed by atoms with Crippen molar-refractivity contribution in [1.82, 2.24) is 9.29 Å². The number of anilines is 1. The van der Waals surface area contributed by atoms with Crippen molar-refractivity contribution >= 4 is 52.6 Å². The van der Waals surface area contributed by atoms with Gasteiger partial charge in [-0.05, 0) is 50.1 Å². The summed E-state index contributed by atoms with van der Waals surface area (Å²) in [7, 11) is -7.53. The summed E-state index contributed by atoms with van der Waals surface area (Å²) in [6.45, 7) is 2.33. The summed E-state index contributed by atoms with van der Waals surface area (Å²) in [4.78, 5) is 17.3. The van der Waals surface area contributed by atoms with E-state index in [2.05, 4.69) is 10.3 Å². The molecule has 1 atom stereocenters. The lowest BCUT2D eigenvalue weighted by Gasteiger charge is -2.31. The molecule has 170 valence electrons. The number of benzene rings is 2. The molecule has 0 saturated carbocycles. The third kappa shape index (κ3) is 4.69. The minimum absolute atomic E-state index is 0.0317. The average Bonchev–Trinajstić information content (AvgIpc) is 3.15. The number of thiazole rings is 1. The van der Waals surface area contributed by atoms with Crippen molar-refractivity contribution in [3.05, 3.63) is 48.0 Å². The molecule has 3 aromatic rings. The summed E-state index contributed by atoms with van der Waals surface area (Å²) in [6, 6.07) is 10.9. The van der Waals surface area contributed by atoms with Gasteiger partial charge < -0.3 is 5.32 Å². The fraction of sp³-hybridized carbons (Fsp3) is 0.300. The van der Waals surface area contributed by atoms with Crippen LogP contribution < -0.4 is 10.5 Å². The number of aryl methyl sites for hydroxylation is 1. The van der Waals surface area contributed by atoms with Gasteiger partial charge in [0.1, 0.15) is 0 Å². The Hall–Kier alpha value is -2.38. The van der Waals surface area contributed by atoms with Crippen LogP contribution in [-0.4, -0.2) is 45.1 Å². The Balaban J connectivity index is 1.49. The Morgan fingerprint density at radius 2 is 1.81 bits per heavy atom. The molecule has 32 heavy (non-hydrogen) atoms. The van der Waals surface area contributed by atoms with Crippen molar-refractivity contribution in [2.24, 2.45) is 11.1 Å². The first-order valence-corrected chi connectivity index (χ1v) is 13.7. The molecule has 1 aliphatic heterocycles. The monoisotopic (exact) mass is 494 g/mol. The zero-order valence-corrected chi connectivity index (χ0v) is 19.6. The molecule has 12 heteroatoms. The van der Waals surface area contributed by atoms with Gasteiger partial charge in [-0.3, -0.25) is 4.79 Å². The smallest absolute Gasteiger partial charge is 0.243 e. The van der Waals surface area contributed by atoms with Gasteiger partial charge in [0.2, 0.25) is 26.0 Å². The number of piperidine rings is 1. The van der Waals surface area contributed by atoms with Crippen LogP contribution in [0.3, 0.4) is 0 Å². The van der Waals surface area contributed by atoms with E-state index in [1.54, 1.807) is 24.3 Å². The second-order valence-corrected chi connectivity index (χ2v) is 12.2. The van der Waals surface area contributed by atoms with E-state index in [-0.39, 0.29) is 22.2 Å². The maximum Gasteiger partial charge on any atom is 0.243 e. The second kappa shape index (κ2) is 8.52. The summed E-state index contributed by atoms with van der Waals surface area (Å²) in [5.41, 5.74) is 1.50. The molecule has 0 spiro atoms. The number of carbonyl (C=O) groups is 1. The number of primary sulfonamides is 1. The van der Waals surface area contributed by atoms with E-state index < -0.39 is 26.0 Å². The van der Waals surface area contributed by atoms with Gasteiger partial charge in [0.05, 0.1) is 25.9 Å². The number of fused-ring (bicyclic) bond motifs is 1. The maximum atomic E-state index is 13.0. The summed E-state index contributed by atoms with van der Waals surface area (Å²) >= 11 is 1.13. The zero-order valence-electron chi connectivity index (χ0n) is 17.2. The highest BCUT2D eigenvalue weighted by molar-refractivity contribution is 7.89. The van der Waals surface area contributed by atoms with Crippen LogP contribution in [0.4, 0.5) is 5.13 Å². The van der Waals surface area contributed by atoms with Gasteiger partial charge in [0.25, 0.3) is 0 Å². The number of amides is 1. The van der Waals surface area contributed by atoms with Crippen LogP contribution in [0, 0.1) is 12.8 Å². The molecular weight excluding hydrogens is 472 g/mol. The van der Waals surface area contributed by atoms with Crippen molar-refractivity contribution in [2.75, 3.05) is 18.4 Å². The molecule has 1 saturated heterocycles. The fourth-order valence-corrected chi connectivity index (χ4v) is 6.62. The number of aromatic nitrogens is 1. The lowest BCUT2D eigenvalue weighted by Crippen LogP contribution is -2.43. The minimum Gasteiger partial charge on any atom is -0.302 e. The summed E-state index contributed by atoms with van der Waals surface area (Å²) < 4.78 is 51.0. The lowest BCUT2D eigenvalue weighted by atomic mass is 9.99. The molecular formula is C20H22N4O5S3. The second-order valence-electron chi connectivity index (χ2n) is 7.70. The minimum atomic E-state index is -3.84. The number of rotatable bonds is 5. The van der Waals surface area contributed by atoms with Crippen molar-refractivity contribution in [2.45, 2.75) is 29.6 Å². The standard InChI is InChI=1S/C20H22N4O5S3/c1-13-4-6-15(7-5-13)32(28,29)24-10-2-3-14(12-24)19(25)23-20-22-17-9-8-16(31(21,26)27)11-18(17)30-20/h4-9,11,14H,2-3,10,12H2,1H3,(H2,21,26,27)(H,22,23,25). The molecule has 1 unspecified atom stereocenters. The third-order valence-corrected chi connectivity index (χ3v) is 9.06. The van der Waals surface area contributed by atoms with E-state index in [0.717, 1.165) is 16.9 Å². The predicted molar refractivity (Wildman–Crippen MR) is 122 cm³/mol. The molecule has 1 amide bonds. The highest BCUT2D eigenvalue weighted by Crippen LogP contribution is 2.30. The lowest BCUT2D eigenvalue weighted by molar-refractivity contribution is -0.120. The number of nitrogens with zero attached hydrogens (tertiary/aromatic N) is 2. The van der Waals surface area contributed by atoms with Crippen molar-refractivity contribution in [3.63, 3.8) is 0 Å². The van der Waals surface area contributed by atoms with Gasteiger partial charge in [-0.25, -0.2) is 27.0 Å². The quantitative estimate of drug-likeness (QED) is 0.558. The maximum absolute atomic E-state index is 13.0. The number of carbonyl (C=O) groups excluding carboxylic acids is 1. The number of nitrogens with one attached hydrogen (secondary N) is 1. The predicted octanol–water partition coefficient (Wildman–Crippen LogP) is 2.29. The molecule has 2 heterocycles. The topological polar surface area (TPSA) is 140 Å². The summed E-state index contributed by atoms with van der Waals surface area (Å²) in [5, 5.41) is 8.22. The summed E-state index contributed by atoms with van der Waals surface area (Å²) in [5.74, 6) is -0.838. The van der Waals surface area contributed by atoms with E-state index in [0.29, 0.717) is 34.7 Å². The van der Waals surface area contributed by atoms with Crippen LogP contribution in [-0.2, 0) is 24.8 Å². The van der Waals surface area contributed by atoms with Gasteiger partial charge >= 0.3 is 0 Å². The van der Waals surface area contributed by atoms with Gasteiger partial charge in [-0.1, -0.05) is 29.0 Å². The average molecular weight is 495 g/mol. The van der Waals surface area contributed by atoms with Gasteiger partial charge in [-0.15, -0.1) is 0 Å². The highest BCUT2D eigenvalue weighted by Gasteiger charge is 2.33. The molecule has 4 rings (SSSR count). The van der Waals surface area contributed by atoms with Crippen LogP contribution >= 0.6 is 11.3 Å². The molecule has 3 N–H and O–H groups in total. The number of hydrogen-bond acceptors (Lipinski definition) is 7. The van der Waals surface area contributed by atoms with E-state index in [9.17, 15) is 21.6 Å². The van der Waals surface area contributed by atoms with Crippen molar-refractivity contribution in [1.29, 1.82) is 0 Å². The van der Waals surface area contributed by atoms with E-state index in [1.165, 1.54) is 22.5 Å². The van der Waals surface area contributed by atoms with Crippen molar-refractivity contribution < 1.29 is 21.6 Å². The number of hydrogen-bond donors (Lipinski definition) is 2. The first-order valence-electron chi connectivity index (χ1n) is 9.85. The Bertz CT molecular complexity index is 1380. The van der Waals surface area contributed by atoms with E-state index in [4.69, 9.17) is 5.14 Å². The summed E-state index contributed by atoms with van der Waals surface area (Å²) in [6.07, 6.45) is 1.13. The Morgan fingerprint density at radius 1 is 1.12 bits per heavy atom. The molecule has 1 aliphatic rings. The Morgan fingerprint density at radius 3 is 2.50 bits per heavy atom. The first kappa shape index (κ1) is 22.8. The van der Waals surface area contributed by atoms with Crippen LogP contribution in [0.2, 0.25) is 0 Å². The SMILES string of the molecule is Cc1ccc(S(=O)(=O)N2CCCC(C(=O)Nc3nc4ccc(S(N)(=O)=O)cc4s3)C2)cc1.